The lowest BCUT2D eigenvalue weighted by Gasteiger charge is -2.32. The molecule has 0 aromatic rings. The maximum Gasteiger partial charge on any atom is 0.331 e. The van der Waals surface area contributed by atoms with Crippen molar-refractivity contribution < 1.29 is 52.9 Å². The number of hydrogen-bond donors (Lipinski definition) is 7. The molecule has 2 saturated heterocycles. The molecule has 0 saturated carbocycles. The third kappa shape index (κ3) is 26.7. The van der Waals surface area contributed by atoms with Crippen LogP contribution < -0.4 is 31.9 Å². The summed E-state index contributed by atoms with van der Waals surface area (Å²) >= 11 is 0. The van der Waals surface area contributed by atoms with Crippen molar-refractivity contribution in [2.24, 2.45) is 17.8 Å². The fourth-order valence-electron chi connectivity index (χ4n) is 10.3. The third-order valence-electron chi connectivity index (χ3n) is 15.8. The van der Waals surface area contributed by atoms with Gasteiger partial charge in [0, 0.05) is 13.7 Å². The van der Waals surface area contributed by atoms with Gasteiger partial charge in [0.1, 0.15) is 42.4 Å². The molecule has 0 radical (unpaired) electrons. The van der Waals surface area contributed by atoms with Crippen molar-refractivity contribution in [2.75, 3.05) is 13.7 Å². The molecule has 454 valence electrons. The maximum absolute atomic E-state index is 14.2. The predicted molar refractivity (Wildman–Crippen MR) is 310 cm³/mol. The minimum atomic E-state index is -1.52. The Bertz CT molecular complexity index is 1860. The quantitative estimate of drug-likeness (QED) is 0.0205. The van der Waals surface area contributed by atoms with Gasteiger partial charge in [-0.25, -0.2) is 4.79 Å². The fourth-order valence-corrected chi connectivity index (χ4v) is 10.3. The van der Waals surface area contributed by atoms with Gasteiger partial charge in [0.25, 0.3) is 0 Å². The fraction of sp³-hybridized carbons (Fsp3) is 0.836. The van der Waals surface area contributed by atoms with E-state index in [0.29, 0.717) is 25.7 Å². The Morgan fingerprint density at radius 3 is 1.49 bits per heavy atom. The number of nitrogens with one attached hydrogen (secondary N) is 6. The van der Waals surface area contributed by atoms with Crippen LogP contribution in [0.4, 0.5) is 0 Å². The van der Waals surface area contributed by atoms with Crippen molar-refractivity contribution in [3.8, 4) is 0 Å². The molecule has 0 aliphatic carbocycles. The molecule has 0 aromatic heterocycles. The first-order chi connectivity index (χ1) is 37.7. The molecule has 7 amide bonds. The highest BCUT2D eigenvalue weighted by molar-refractivity contribution is 5.98. The molecule has 2 rings (SSSR count). The van der Waals surface area contributed by atoms with Crippen LogP contribution >= 0.6 is 0 Å². The lowest BCUT2D eigenvalue weighted by molar-refractivity contribution is -0.158. The zero-order valence-electron chi connectivity index (χ0n) is 50.7. The van der Waals surface area contributed by atoms with Gasteiger partial charge in [-0.05, 0) is 89.9 Å². The number of carbonyl (C=O) groups is 8. The summed E-state index contributed by atoms with van der Waals surface area (Å²) in [6, 6.07) is -8.45. The molecule has 0 spiro atoms. The molecule has 2 aliphatic rings. The normalized spacial score (nSPS) is 25.1. The molecule has 0 aromatic carbocycles. The van der Waals surface area contributed by atoms with Crippen LogP contribution in [-0.2, 0) is 47.8 Å². The molecular formula is C61H109N7O11. The summed E-state index contributed by atoms with van der Waals surface area (Å²) in [6.07, 6.45) is 27.6. The minimum Gasteiger partial charge on any atom is -0.460 e. The number of unbranched alkanes of at least 4 members (excludes halogenated alkanes) is 19. The van der Waals surface area contributed by atoms with Crippen LogP contribution in [-0.4, -0.2) is 132 Å². The first-order valence-electron chi connectivity index (χ1n) is 30.9. The third-order valence-corrected chi connectivity index (χ3v) is 15.8. The lowest BCUT2D eigenvalue weighted by atomic mass is 9.96. The summed E-state index contributed by atoms with van der Waals surface area (Å²) in [7, 11) is 1.37. The first-order valence-corrected chi connectivity index (χ1v) is 30.9. The monoisotopic (exact) mass is 1120 g/mol. The minimum absolute atomic E-state index is 0.218. The number of cyclic esters (lactones) is 1. The van der Waals surface area contributed by atoms with Gasteiger partial charge < -0.3 is 51.4 Å². The largest absolute Gasteiger partial charge is 0.460 e. The van der Waals surface area contributed by atoms with E-state index >= 15 is 0 Å². The number of rotatable bonds is 30. The number of amides is 7. The number of fused-ring (bicyclic) bond motifs is 1. The van der Waals surface area contributed by atoms with Crippen LogP contribution in [0.2, 0.25) is 0 Å². The number of aliphatic hydroxyl groups excluding tert-OH is 1. The van der Waals surface area contributed by atoms with Gasteiger partial charge in [0.05, 0.1) is 18.6 Å². The molecule has 18 nitrogen and oxygen atoms in total. The second kappa shape index (κ2) is 39.8. The Labute approximate surface area is 475 Å². The van der Waals surface area contributed by atoms with E-state index in [4.69, 9.17) is 9.47 Å². The second-order valence-electron chi connectivity index (χ2n) is 23.4. The summed E-state index contributed by atoms with van der Waals surface area (Å²) in [5.74, 6) is -6.96. The molecule has 2 fully saturated rings. The Morgan fingerprint density at radius 2 is 1.01 bits per heavy atom. The van der Waals surface area contributed by atoms with E-state index in [1.807, 2.05) is 6.92 Å². The van der Waals surface area contributed by atoms with Gasteiger partial charge in [-0.15, -0.1) is 0 Å². The molecule has 79 heavy (non-hydrogen) atoms. The topological polar surface area (TPSA) is 251 Å². The highest BCUT2D eigenvalue weighted by atomic mass is 16.5. The highest BCUT2D eigenvalue weighted by Crippen LogP contribution is 2.22. The summed E-state index contributed by atoms with van der Waals surface area (Å²) in [6.45, 7) is 17.4. The zero-order valence-corrected chi connectivity index (χ0v) is 50.7. The number of nitrogens with zero attached hydrogens (tertiary/aromatic N) is 1. The van der Waals surface area contributed by atoms with Gasteiger partial charge in [-0.3, -0.25) is 33.6 Å². The maximum atomic E-state index is 14.2. The van der Waals surface area contributed by atoms with E-state index in [-0.39, 0.29) is 19.4 Å². The van der Waals surface area contributed by atoms with Crippen LogP contribution in [0.1, 0.15) is 236 Å². The first kappa shape index (κ1) is 70.5. The standard InChI is InChI=1S/C61H109N7O11/c1-12-14-15-16-17-18-19-20-21-22-23-24-25-26-27-28-29-30-31-32-33-34-35-37-47-40-49(70)63-53(45(9)69)59(75)65-50(41(3)4)56(72)62-44(8)60(76)68-39-36-38-48(68)55(71)66-52(43(7)13-2)58(74)64-51(42(5)6)57(73)67-54(46(10)78-11)61(77)79-47/h20-21,41-48,50-54,69H,12-19,22-40H2,1-11H3,(H,62,72)(H,63,70)(H,64,74)(H,65,75)(H,66,71)(H,67,73)/b21-20-/t43-,44-,45-,46+,47+,48+,50-,51-,52+,53+,54-/m0/s1. The lowest BCUT2D eigenvalue weighted by Crippen LogP contribution is -2.61. The molecule has 18 heteroatoms. The molecular weight excluding hydrogens is 1010 g/mol. The van der Waals surface area contributed by atoms with Gasteiger partial charge in [0.15, 0.2) is 6.04 Å². The second-order valence-corrected chi connectivity index (χ2v) is 23.4. The molecule has 2 heterocycles. The SMILES string of the molecule is CCCCCCCC/C=C\CCCCCCCCCCCCCCC[C@@H]1CC(=O)N[C@H]([C@H](C)O)C(=O)N[C@@H](C(C)C)C(=O)N[C@@H](C)C(=O)N2CCC[C@@H]2C(=O)N[C@H]([C@@H](C)CC)C(=O)N[C@@H](C(C)C)C(=O)N[C@@H]([C@@H](C)OC)C(=O)O1. The smallest absolute Gasteiger partial charge is 0.331 e. The molecule has 2 aliphatic heterocycles. The van der Waals surface area contributed by atoms with Gasteiger partial charge in [-0.2, -0.15) is 0 Å². The van der Waals surface area contributed by atoms with Crippen molar-refractivity contribution in [3.05, 3.63) is 12.2 Å². The van der Waals surface area contributed by atoms with Crippen LogP contribution in [0.15, 0.2) is 12.2 Å². The van der Waals surface area contributed by atoms with Crippen LogP contribution in [0.5, 0.6) is 0 Å². The molecule has 11 atom stereocenters. The number of allylic oxidation sites excluding steroid dienone is 2. The zero-order chi connectivity index (χ0) is 58.9. The number of aliphatic hydroxyl groups is 1. The van der Waals surface area contributed by atoms with Crippen molar-refractivity contribution in [2.45, 2.75) is 297 Å². The Kier molecular flexibility index (Phi) is 35.5. The number of esters is 1. The predicted octanol–water partition coefficient (Wildman–Crippen LogP) is 8.15. The Morgan fingerprint density at radius 1 is 0.570 bits per heavy atom. The van der Waals surface area contributed by atoms with Gasteiger partial charge in [-0.1, -0.05) is 170 Å². The van der Waals surface area contributed by atoms with E-state index in [0.717, 1.165) is 25.7 Å². The average molecular weight is 1120 g/mol. The van der Waals surface area contributed by atoms with Crippen LogP contribution in [0.25, 0.3) is 0 Å². The van der Waals surface area contributed by atoms with Crippen LogP contribution in [0.3, 0.4) is 0 Å². The highest BCUT2D eigenvalue weighted by Gasteiger charge is 2.41. The summed E-state index contributed by atoms with van der Waals surface area (Å²) < 4.78 is 11.6. The number of carbonyl (C=O) groups excluding carboxylic acids is 8. The van der Waals surface area contributed by atoms with Crippen LogP contribution in [0, 0.1) is 17.8 Å². The Balaban J connectivity index is 2.23. The number of methoxy groups -OCH3 is 1. The number of ether oxygens (including phenoxy) is 2. The summed E-state index contributed by atoms with van der Waals surface area (Å²) in [5, 5.41) is 27.1. The summed E-state index contributed by atoms with van der Waals surface area (Å²) in [5.41, 5.74) is 0. The van der Waals surface area contributed by atoms with Crippen molar-refractivity contribution >= 4 is 47.3 Å². The molecule has 7 N–H and O–H groups in total. The van der Waals surface area contributed by atoms with Crippen molar-refractivity contribution in [1.82, 2.24) is 36.8 Å². The van der Waals surface area contributed by atoms with E-state index in [9.17, 15) is 43.5 Å². The van der Waals surface area contributed by atoms with E-state index in [1.165, 1.54) is 129 Å². The van der Waals surface area contributed by atoms with Gasteiger partial charge >= 0.3 is 5.97 Å². The molecule has 0 unspecified atom stereocenters. The average Bonchev–Trinajstić information content (AvgIpc) is 3.95. The van der Waals surface area contributed by atoms with E-state index in [1.54, 1.807) is 41.5 Å². The van der Waals surface area contributed by atoms with E-state index < -0.39 is 126 Å². The molecule has 0 bridgehead atoms. The summed E-state index contributed by atoms with van der Waals surface area (Å²) in [4.78, 5) is 114. The Hall–Kier alpha value is -4.58. The number of hydrogen-bond acceptors (Lipinski definition) is 11. The van der Waals surface area contributed by atoms with Gasteiger partial charge in [0.2, 0.25) is 41.4 Å². The van der Waals surface area contributed by atoms with E-state index in [2.05, 4.69) is 51.0 Å². The van der Waals surface area contributed by atoms with Crippen molar-refractivity contribution in [1.29, 1.82) is 0 Å². The van der Waals surface area contributed by atoms with Crippen molar-refractivity contribution in [3.63, 3.8) is 0 Å².